The van der Waals surface area contributed by atoms with Crippen molar-refractivity contribution in [2.75, 3.05) is 19.8 Å². The number of aliphatic carboxylic acids is 1. The Balaban J connectivity index is 1.91. The van der Waals surface area contributed by atoms with E-state index >= 15 is 0 Å². The lowest BCUT2D eigenvalue weighted by Crippen LogP contribution is -2.50. The molecule has 1 aliphatic carbocycles. The molecule has 3 rings (SSSR count). The molecule has 6 nitrogen and oxygen atoms in total. The van der Waals surface area contributed by atoms with Crippen LogP contribution in [-0.4, -0.2) is 42.5 Å². The van der Waals surface area contributed by atoms with Crippen molar-refractivity contribution < 1.29 is 24.2 Å². The summed E-state index contributed by atoms with van der Waals surface area (Å²) < 4.78 is 11.3. The lowest BCUT2D eigenvalue weighted by atomic mass is 9.66. The first kappa shape index (κ1) is 11.9. The van der Waals surface area contributed by atoms with Crippen LogP contribution in [0.3, 0.4) is 0 Å². The Kier molecular flexibility index (Phi) is 2.60. The summed E-state index contributed by atoms with van der Waals surface area (Å²) in [4.78, 5) is 23.3. The van der Waals surface area contributed by atoms with Gasteiger partial charge in [-0.05, 0) is 12.8 Å². The fourth-order valence-electron chi connectivity index (χ4n) is 3.55. The minimum Gasteiger partial charge on any atom is -0.481 e. The standard InChI is InChI=1S/C12H17NO5/c14-9(15)8-5-11(1-2-13-10(11)16)7-12(6-8)17-3-4-18-12/h8H,1-7H2,(H,13,16)(H,14,15)/t8-,11+/m1/s1. The highest BCUT2D eigenvalue weighted by atomic mass is 16.7. The first-order valence-electron chi connectivity index (χ1n) is 6.34. The molecular weight excluding hydrogens is 238 g/mol. The van der Waals surface area contributed by atoms with Gasteiger partial charge < -0.3 is 19.9 Å². The van der Waals surface area contributed by atoms with Gasteiger partial charge in [0.2, 0.25) is 5.91 Å². The molecule has 18 heavy (non-hydrogen) atoms. The molecule has 0 unspecified atom stereocenters. The topological polar surface area (TPSA) is 84.9 Å². The second-order valence-electron chi connectivity index (χ2n) is 5.51. The van der Waals surface area contributed by atoms with Crippen LogP contribution >= 0.6 is 0 Å². The zero-order chi connectivity index (χ0) is 12.8. The zero-order valence-corrected chi connectivity index (χ0v) is 10.1. The van der Waals surface area contributed by atoms with E-state index in [0.29, 0.717) is 45.4 Å². The molecule has 2 N–H and O–H groups in total. The number of hydrogen-bond acceptors (Lipinski definition) is 4. The van der Waals surface area contributed by atoms with E-state index in [4.69, 9.17) is 9.47 Å². The molecule has 3 aliphatic rings. The molecule has 0 aromatic heterocycles. The van der Waals surface area contributed by atoms with E-state index in [1.54, 1.807) is 0 Å². The minimum absolute atomic E-state index is 0.0491. The fraction of sp³-hybridized carbons (Fsp3) is 0.833. The molecule has 6 heteroatoms. The molecule has 2 heterocycles. The molecular formula is C12H17NO5. The largest absolute Gasteiger partial charge is 0.481 e. The Labute approximate surface area is 105 Å². The van der Waals surface area contributed by atoms with Gasteiger partial charge in [0.05, 0.1) is 24.5 Å². The van der Waals surface area contributed by atoms with Gasteiger partial charge in [-0.2, -0.15) is 0 Å². The van der Waals surface area contributed by atoms with Crippen LogP contribution in [0.1, 0.15) is 25.7 Å². The number of hydrogen-bond donors (Lipinski definition) is 2. The lowest BCUT2D eigenvalue weighted by molar-refractivity contribution is -0.215. The van der Waals surface area contributed by atoms with E-state index in [1.807, 2.05) is 0 Å². The summed E-state index contributed by atoms with van der Waals surface area (Å²) in [5.41, 5.74) is -0.619. The van der Waals surface area contributed by atoms with Gasteiger partial charge in [-0.25, -0.2) is 0 Å². The van der Waals surface area contributed by atoms with Crippen molar-refractivity contribution in [3.05, 3.63) is 0 Å². The number of ether oxygens (including phenoxy) is 2. The van der Waals surface area contributed by atoms with Crippen molar-refractivity contribution in [3.8, 4) is 0 Å². The molecule has 0 aromatic carbocycles. The molecule has 3 fully saturated rings. The first-order chi connectivity index (χ1) is 8.55. The summed E-state index contributed by atoms with van der Waals surface area (Å²) in [6.45, 7) is 1.56. The van der Waals surface area contributed by atoms with Crippen LogP contribution in [0.4, 0.5) is 0 Å². The van der Waals surface area contributed by atoms with Gasteiger partial charge in [0.1, 0.15) is 0 Å². The van der Waals surface area contributed by atoms with Crippen molar-refractivity contribution in [2.24, 2.45) is 11.3 Å². The monoisotopic (exact) mass is 255 g/mol. The third-order valence-corrected chi connectivity index (χ3v) is 4.34. The van der Waals surface area contributed by atoms with Gasteiger partial charge in [-0.3, -0.25) is 9.59 Å². The Morgan fingerprint density at radius 1 is 1.33 bits per heavy atom. The highest BCUT2D eigenvalue weighted by Gasteiger charge is 2.57. The average molecular weight is 255 g/mol. The van der Waals surface area contributed by atoms with Crippen LogP contribution in [0, 0.1) is 11.3 Å². The molecule has 0 bridgehead atoms. The molecule has 100 valence electrons. The van der Waals surface area contributed by atoms with Gasteiger partial charge in [-0.1, -0.05) is 0 Å². The number of amides is 1. The molecule has 2 atom stereocenters. The van der Waals surface area contributed by atoms with Gasteiger partial charge >= 0.3 is 5.97 Å². The minimum atomic E-state index is -0.868. The summed E-state index contributed by atoms with van der Waals surface area (Å²) >= 11 is 0. The zero-order valence-electron chi connectivity index (χ0n) is 10.1. The van der Waals surface area contributed by atoms with Crippen LogP contribution in [0.2, 0.25) is 0 Å². The predicted molar refractivity (Wildman–Crippen MR) is 59.7 cm³/mol. The third kappa shape index (κ3) is 1.71. The third-order valence-electron chi connectivity index (χ3n) is 4.34. The van der Waals surface area contributed by atoms with E-state index in [9.17, 15) is 14.7 Å². The molecule has 2 saturated heterocycles. The normalized spacial score (nSPS) is 38.2. The highest BCUT2D eigenvalue weighted by Crippen LogP contribution is 2.51. The van der Waals surface area contributed by atoms with Gasteiger partial charge in [-0.15, -0.1) is 0 Å². The molecule has 1 saturated carbocycles. The van der Waals surface area contributed by atoms with E-state index in [2.05, 4.69) is 5.32 Å². The van der Waals surface area contributed by atoms with Crippen LogP contribution in [0.5, 0.6) is 0 Å². The van der Waals surface area contributed by atoms with Crippen LogP contribution in [0.25, 0.3) is 0 Å². The van der Waals surface area contributed by atoms with Crippen LogP contribution < -0.4 is 5.32 Å². The molecule has 2 aliphatic heterocycles. The second-order valence-corrected chi connectivity index (χ2v) is 5.51. The number of carbonyl (C=O) groups excluding carboxylic acids is 1. The Bertz CT molecular complexity index is 390. The van der Waals surface area contributed by atoms with Crippen LogP contribution in [-0.2, 0) is 19.1 Å². The van der Waals surface area contributed by atoms with Gasteiger partial charge in [0, 0.05) is 19.4 Å². The quantitative estimate of drug-likeness (QED) is 0.695. The van der Waals surface area contributed by atoms with Crippen molar-refractivity contribution in [1.29, 1.82) is 0 Å². The maximum Gasteiger partial charge on any atom is 0.306 e. The Hall–Kier alpha value is -1.14. The molecule has 0 radical (unpaired) electrons. The molecule has 1 amide bonds. The summed E-state index contributed by atoms with van der Waals surface area (Å²) in [6, 6.07) is 0. The molecule has 2 spiro atoms. The predicted octanol–water partition coefficient (Wildman–Crippen LogP) is 0.121. The summed E-state index contributed by atoms with van der Waals surface area (Å²) in [6.07, 6.45) is 1.89. The summed E-state index contributed by atoms with van der Waals surface area (Å²) in [5.74, 6) is -2.34. The Morgan fingerprint density at radius 2 is 2.06 bits per heavy atom. The van der Waals surface area contributed by atoms with E-state index in [0.717, 1.165) is 0 Å². The van der Waals surface area contributed by atoms with E-state index < -0.39 is 23.1 Å². The fourth-order valence-corrected chi connectivity index (χ4v) is 3.55. The first-order valence-corrected chi connectivity index (χ1v) is 6.34. The number of carboxylic acids is 1. The van der Waals surface area contributed by atoms with E-state index in [-0.39, 0.29) is 5.91 Å². The summed E-state index contributed by atoms with van der Waals surface area (Å²) in [5, 5.41) is 12.1. The lowest BCUT2D eigenvalue weighted by Gasteiger charge is -2.43. The number of carboxylic acid groups (broad SMARTS) is 1. The van der Waals surface area contributed by atoms with Crippen molar-refractivity contribution in [1.82, 2.24) is 5.32 Å². The second kappa shape index (κ2) is 3.93. The van der Waals surface area contributed by atoms with Crippen LogP contribution in [0.15, 0.2) is 0 Å². The van der Waals surface area contributed by atoms with Crippen molar-refractivity contribution >= 4 is 11.9 Å². The summed E-state index contributed by atoms with van der Waals surface area (Å²) in [7, 11) is 0. The van der Waals surface area contributed by atoms with Crippen molar-refractivity contribution in [3.63, 3.8) is 0 Å². The number of nitrogens with one attached hydrogen (secondary N) is 1. The van der Waals surface area contributed by atoms with E-state index in [1.165, 1.54) is 0 Å². The van der Waals surface area contributed by atoms with Gasteiger partial charge in [0.15, 0.2) is 5.79 Å². The smallest absolute Gasteiger partial charge is 0.306 e. The van der Waals surface area contributed by atoms with Gasteiger partial charge in [0.25, 0.3) is 0 Å². The average Bonchev–Trinajstić information content (AvgIpc) is 2.88. The Morgan fingerprint density at radius 3 is 2.61 bits per heavy atom. The maximum absolute atomic E-state index is 12.0. The number of rotatable bonds is 1. The molecule has 0 aromatic rings. The maximum atomic E-state index is 12.0. The highest BCUT2D eigenvalue weighted by molar-refractivity contribution is 5.86. The number of carbonyl (C=O) groups is 2. The van der Waals surface area contributed by atoms with Crippen molar-refractivity contribution in [2.45, 2.75) is 31.5 Å². The SMILES string of the molecule is O=C(O)[C@H]1CC2(C[C@]3(CCNC3=O)C1)OCCO2.